The molecule has 2 aromatic heterocycles. The van der Waals surface area contributed by atoms with Crippen molar-refractivity contribution in [2.45, 2.75) is 19.4 Å². The lowest BCUT2D eigenvalue weighted by molar-refractivity contribution is 0.0994. The van der Waals surface area contributed by atoms with Crippen LogP contribution in [0, 0.1) is 0 Å². The molecule has 4 aromatic rings. The molecule has 0 aliphatic heterocycles. The van der Waals surface area contributed by atoms with Gasteiger partial charge in [-0.25, -0.2) is 4.79 Å². The number of likely N-dealkylation sites (N-methyl/N-ethyl adjacent to an activating group) is 1. The summed E-state index contributed by atoms with van der Waals surface area (Å²) in [6.45, 7) is 0.940. The number of Topliss-reactive ketones (excluding diaryl/α,β-unsaturated/α-hetero) is 1. The van der Waals surface area contributed by atoms with Crippen molar-refractivity contribution >= 4 is 33.0 Å². The zero-order valence-electron chi connectivity index (χ0n) is 15.3. The first-order valence-electron chi connectivity index (χ1n) is 9.12. The highest BCUT2D eigenvalue weighted by molar-refractivity contribution is 6.18. The van der Waals surface area contributed by atoms with Crippen molar-refractivity contribution in [3.05, 3.63) is 62.3 Å². The highest BCUT2D eigenvalue weighted by atomic mass is 16.2. The van der Waals surface area contributed by atoms with Gasteiger partial charge in [-0.05, 0) is 44.3 Å². The molecule has 27 heavy (non-hydrogen) atoms. The standard InChI is InChI=1S/C21H19N3O3/c1-22(2)10-11-23-20(26)15-5-3-4-14-18-13-7-9-17(25)12(13)6-8-16(18)24(19(14)15)21(23)27/h3-6,8H,7,9-11H2,1-2H3. The molecule has 0 saturated heterocycles. The summed E-state index contributed by atoms with van der Waals surface area (Å²) in [7, 11) is 3.83. The Hall–Kier alpha value is -2.99. The van der Waals surface area contributed by atoms with Gasteiger partial charge in [-0.2, -0.15) is 0 Å². The smallest absolute Gasteiger partial charge is 0.308 e. The van der Waals surface area contributed by atoms with E-state index in [0.29, 0.717) is 36.8 Å². The number of para-hydroxylation sites is 1. The molecular formula is C21H19N3O3. The molecule has 0 amide bonds. The molecule has 0 bridgehead atoms. The Bertz CT molecular complexity index is 1360. The first-order valence-corrected chi connectivity index (χ1v) is 9.12. The molecule has 136 valence electrons. The SMILES string of the molecule is CN(C)CCn1c(=O)c2cccc3c4c5c(ccc4n(c1=O)c23)C(=O)CC5. The number of carbonyl (C=O) groups excluding carboxylic acids is 1. The number of aryl methyl sites for hydroxylation is 1. The van der Waals surface area contributed by atoms with Crippen LogP contribution in [0.4, 0.5) is 0 Å². The van der Waals surface area contributed by atoms with Gasteiger partial charge in [0, 0.05) is 35.8 Å². The number of rotatable bonds is 3. The third kappa shape index (κ3) is 2.07. The first-order chi connectivity index (χ1) is 13.0. The van der Waals surface area contributed by atoms with Gasteiger partial charge in [0.2, 0.25) is 0 Å². The van der Waals surface area contributed by atoms with Crippen LogP contribution in [0.25, 0.3) is 27.2 Å². The molecule has 0 radical (unpaired) electrons. The monoisotopic (exact) mass is 361 g/mol. The highest BCUT2D eigenvalue weighted by Gasteiger charge is 2.26. The van der Waals surface area contributed by atoms with Crippen LogP contribution in [0.2, 0.25) is 0 Å². The molecule has 0 fully saturated rings. The normalized spacial score (nSPS) is 14.3. The Labute approximate surface area is 154 Å². The fourth-order valence-electron chi connectivity index (χ4n) is 4.34. The van der Waals surface area contributed by atoms with Crippen LogP contribution in [0.3, 0.4) is 0 Å². The van der Waals surface area contributed by atoms with E-state index >= 15 is 0 Å². The van der Waals surface area contributed by atoms with Gasteiger partial charge in [0.15, 0.2) is 5.78 Å². The van der Waals surface area contributed by atoms with Crippen LogP contribution in [0.1, 0.15) is 22.3 Å². The Morgan fingerprint density at radius 1 is 1.00 bits per heavy atom. The number of benzene rings is 2. The van der Waals surface area contributed by atoms with E-state index < -0.39 is 0 Å². The summed E-state index contributed by atoms with van der Waals surface area (Å²) in [6, 6.07) is 9.24. The Morgan fingerprint density at radius 3 is 2.56 bits per heavy atom. The predicted molar refractivity (Wildman–Crippen MR) is 105 cm³/mol. The zero-order chi connectivity index (χ0) is 18.9. The molecule has 1 aliphatic carbocycles. The lowest BCUT2D eigenvalue weighted by atomic mass is 10.0. The van der Waals surface area contributed by atoms with E-state index in [2.05, 4.69) is 0 Å². The fourth-order valence-corrected chi connectivity index (χ4v) is 4.34. The summed E-state index contributed by atoms with van der Waals surface area (Å²) < 4.78 is 2.97. The Balaban J connectivity index is 1.98. The number of ketones is 1. The molecule has 2 aromatic carbocycles. The second-order valence-corrected chi connectivity index (χ2v) is 7.49. The molecule has 0 atom stereocenters. The van der Waals surface area contributed by atoms with Crippen LogP contribution < -0.4 is 11.2 Å². The quantitative estimate of drug-likeness (QED) is 0.559. The average molecular weight is 361 g/mol. The lowest BCUT2D eigenvalue weighted by Gasteiger charge is -2.12. The van der Waals surface area contributed by atoms with Crippen molar-refractivity contribution < 1.29 is 4.79 Å². The van der Waals surface area contributed by atoms with Gasteiger partial charge in [0.05, 0.1) is 16.4 Å². The van der Waals surface area contributed by atoms with E-state index in [1.165, 1.54) is 4.57 Å². The summed E-state index contributed by atoms with van der Waals surface area (Å²) in [4.78, 5) is 40.4. The molecule has 6 heteroatoms. The maximum Gasteiger partial charge on any atom is 0.336 e. The molecule has 0 N–H and O–H groups in total. The molecule has 0 unspecified atom stereocenters. The van der Waals surface area contributed by atoms with Crippen LogP contribution in [0.15, 0.2) is 39.9 Å². The van der Waals surface area contributed by atoms with E-state index in [1.807, 2.05) is 43.3 Å². The molecular weight excluding hydrogens is 342 g/mol. The van der Waals surface area contributed by atoms with Crippen molar-refractivity contribution in [2.75, 3.05) is 20.6 Å². The summed E-state index contributed by atoms with van der Waals surface area (Å²) in [5.74, 6) is 0.147. The van der Waals surface area contributed by atoms with Crippen molar-refractivity contribution in [1.29, 1.82) is 0 Å². The van der Waals surface area contributed by atoms with Crippen LogP contribution in [0.5, 0.6) is 0 Å². The van der Waals surface area contributed by atoms with Crippen LogP contribution >= 0.6 is 0 Å². The Kier molecular flexibility index (Phi) is 3.30. The predicted octanol–water partition coefficient (Wildman–Crippen LogP) is 1.90. The molecule has 0 spiro atoms. The number of fused-ring (bicyclic) bond motifs is 5. The number of aromatic nitrogens is 2. The van der Waals surface area contributed by atoms with Crippen molar-refractivity contribution in [1.82, 2.24) is 13.9 Å². The molecule has 1 aliphatic rings. The molecule has 2 heterocycles. The zero-order valence-corrected chi connectivity index (χ0v) is 15.3. The highest BCUT2D eigenvalue weighted by Crippen LogP contribution is 2.36. The second kappa shape index (κ2) is 5.50. The van der Waals surface area contributed by atoms with Crippen LogP contribution in [-0.4, -0.2) is 40.3 Å². The van der Waals surface area contributed by atoms with E-state index in [9.17, 15) is 14.4 Å². The van der Waals surface area contributed by atoms with Gasteiger partial charge < -0.3 is 4.90 Å². The largest absolute Gasteiger partial charge is 0.336 e. The summed E-state index contributed by atoms with van der Waals surface area (Å²) in [5.41, 5.74) is 2.62. The molecule has 5 rings (SSSR count). The van der Waals surface area contributed by atoms with Gasteiger partial charge in [-0.3, -0.25) is 18.6 Å². The first kappa shape index (κ1) is 16.2. The average Bonchev–Trinajstić information content (AvgIpc) is 3.18. The fraction of sp³-hybridized carbons (Fsp3) is 0.286. The number of hydrogen-bond acceptors (Lipinski definition) is 4. The summed E-state index contributed by atoms with van der Waals surface area (Å²) in [5, 5.41) is 2.36. The van der Waals surface area contributed by atoms with E-state index in [1.54, 1.807) is 10.5 Å². The van der Waals surface area contributed by atoms with Crippen molar-refractivity contribution in [2.24, 2.45) is 0 Å². The van der Waals surface area contributed by atoms with Gasteiger partial charge in [-0.15, -0.1) is 0 Å². The molecule has 6 nitrogen and oxygen atoms in total. The minimum absolute atomic E-state index is 0.147. The minimum Gasteiger partial charge on any atom is -0.308 e. The summed E-state index contributed by atoms with van der Waals surface area (Å²) in [6.07, 6.45) is 1.18. The topological polar surface area (TPSA) is 63.8 Å². The van der Waals surface area contributed by atoms with Crippen molar-refractivity contribution in [3.63, 3.8) is 0 Å². The summed E-state index contributed by atoms with van der Waals surface area (Å²) >= 11 is 0. The number of hydrogen-bond donors (Lipinski definition) is 0. The minimum atomic E-state index is -0.315. The number of nitrogens with zero attached hydrogens (tertiary/aromatic N) is 3. The number of carbonyl (C=O) groups is 1. The van der Waals surface area contributed by atoms with E-state index in [0.717, 1.165) is 27.4 Å². The maximum absolute atomic E-state index is 13.2. The maximum atomic E-state index is 13.2. The van der Waals surface area contributed by atoms with Gasteiger partial charge in [-0.1, -0.05) is 12.1 Å². The van der Waals surface area contributed by atoms with E-state index in [4.69, 9.17) is 0 Å². The Morgan fingerprint density at radius 2 is 1.78 bits per heavy atom. The lowest BCUT2D eigenvalue weighted by Crippen LogP contribution is -2.39. The second-order valence-electron chi connectivity index (χ2n) is 7.49. The third-order valence-electron chi connectivity index (χ3n) is 5.63. The van der Waals surface area contributed by atoms with Crippen LogP contribution in [-0.2, 0) is 13.0 Å². The molecule has 0 saturated carbocycles. The van der Waals surface area contributed by atoms with Gasteiger partial charge >= 0.3 is 5.69 Å². The van der Waals surface area contributed by atoms with Gasteiger partial charge in [0.25, 0.3) is 5.56 Å². The van der Waals surface area contributed by atoms with E-state index in [-0.39, 0.29) is 17.0 Å². The van der Waals surface area contributed by atoms with Crippen molar-refractivity contribution in [3.8, 4) is 0 Å². The van der Waals surface area contributed by atoms with Gasteiger partial charge in [0.1, 0.15) is 0 Å². The third-order valence-corrected chi connectivity index (χ3v) is 5.63.